The molecule has 0 radical (unpaired) electrons. The van der Waals surface area contributed by atoms with Gasteiger partial charge in [-0.2, -0.15) is 0 Å². The number of hydrogen-bond donors (Lipinski definition) is 2. The van der Waals surface area contributed by atoms with Crippen molar-refractivity contribution < 1.29 is 9.53 Å². The molecule has 4 nitrogen and oxygen atoms in total. The van der Waals surface area contributed by atoms with E-state index in [1.165, 1.54) is 32.1 Å². The van der Waals surface area contributed by atoms with Gasteiger partial charge in [-0.3, -0.25) is 4.79 Å². The Morgan fingerprint density at radius 2 is 1.67 bits per heavy atom. The first-order chi connectivity index (χ1) is 16.2. The number of amides is 1. The van der Waals surface area contributed by atoms with Crippen LogP contribution in [0.25, 0.3) is 0 Å². The summed E-state index contributed by atoms with van der Waals surface area (Å²) in [6, 6.07) is 23.8. The van der Waals surface area contributed by atoms with Crippen LogP contribution in [0.1, 0.15) is 60.0 Å². The summed E-state index contributed by atoms with van der Waals surface area (Å²) in [5, 5.41) is 6.58. The number of nitrogens with one attached hydrogen (secondary N) is 2. The lowest BCUT2D eigenvalue weighted by Gasteiger charge is -2.21. The summed E-state index contributed by atoms with van der Waals surface area (Å²) < 4.78 is 5.94. The van der Waals surface area contributed by atoms with Gasteiger partial charge in [0, 0.05) is 12.2 Å². The molecule has 1 amide bonds. The molecule has 0 spiro atoms. The van der Waals surface area contributed by atoms with Crippen LogP contribution in [-0.4, -0.2) is 12.5 Å². The Kier molecular flexibility index (Phi) is 8.02. The summed E-state index contributed by atoms with van der Waals surface area (Å²) in [4.78, 5) is 12.9. The molecule has 2 N–H and O–H groups in total. The van der Waals surface area contributed by atoms with Gasteiger partial charge in [0.1, 0.15) is 12.4 Å². The van der Waals surface area contributed by atoms with Crippen molar-refractivity contribution in [2.24, 2.45) is 5.92 Å². The third-order valence-corrected chi connectivity index (χ3v) is 6.45. The van der Waals surface area contributed by atoms with E-state index in [9.17, 15) is 4.79 Å². The van der Waals surface area contributed by atoms with Crippen LogP contribution < -0.4 is 15.4 Å². The summed E-state index contributed by atoms with van der Waals surface area (Å²) in [6.07, 6.45) is 7.71. The summed E-state index contributed by atoms with van der Waals surface area (Å²) in [6.45, 7) is 3.33. The number of hydrogen-bond acceptors (Lipinski definition) is 3. The smallest absolute Gasteiger partial charge is 0.253 e. The van der Waals surface area contributed by atoms with Gasteiger partial charge < -0.3 is 15.4 Å². The quantitative estimate of drug-likeness (QED) is 0.374. The molecule has 3 aromatic rings. The van der Waals surface area contributed by atoms with E-state index < -0.39 is 0 Å². The van der Waals surface area contributed by atoms with E-state index in [1.54, 1.807) is 0 Å². The number of rotatable bonds is 9. The predicted octanol–water partition coefficient (Wildman–Crippen LogP) is 7.02. The fraction of sp³-hybridized carbons (Fsp3) is 0.345. The highest BCUT2D eigenvalue weighted by Crippen LogP contribution is 2.28. The number of anilines is 2. The van der Waals surface area contributed by atoms with Gasteiger partial charge >= 0.3 is 0 Å². The van der Waals surface area contributed by atoms with Crippen LogP contribution in [0.4, 0.5) is 11.4 Å². The first-order valence-corrected chi connectivity index (χ1v) is 12.1. The zero-order chi connectivity index (χ0) is 22.9. The van der Waals surface area contributed by atoms with Gasteiger partial charge in [0.2, 0.25) is 0 Å². The fourth-order valence-electron chi connectivity index (χ4n) is 4.50. The normalized spacial score (nSPS) is 14.0. The van der Waals surface area contributed by atoms with Crippen molar-refractivity contribution in [3.63, 3.8) is 0 Å². The SMILES string of the molecule is Cc1cc(OCc2ccccc2)ccc1Nc1ccccc1C(=O)NCCC1CCCCC1. The van der Waals surface area contributed by atoms with E-state index in [0.717, 1.165) is 47.1 Å². The van der Waals surface area contributed by atoms with Crippen LogP contribution in [0.3, 0.4) is 0 Å². The lowest BCUT2D eigenvalue weighted by atomic mass is 9.87. The minimum atomic E-state index is -0.0191. The molecule has 4 heteroatoms. The zero-order valence-electron chi connectivity index (χ0n) is 19.5. The molecule has 1 fully saturated rings. The number of benzene rings is 3. The monoisotopic (exact) mass is 442 g/mol. The van der Waals surface area contributed by atoms with Crippen molar-refractivity contribution in [1.29, 1.82) is 0 Å². The Morgan fingerprint density at radius 1 is 0.909 bits per heavy atom. The number of aryl methyl sites for hydroxylation is 1. The summed E-state index contributed by atoms with van der Waals surface area (Å²) >= 11 is 0. The first-order valence-electron chi connectivity index (χ1n) is 12.1. The van der Waals surface area contributed by atoms with Crippen molar-refractivity contribution in [3.8, 4) is 5.75 Å². The maximum Gasteiger partial charge on any atom is 0.253 e. The van der Waals surface area contributed by atoms with Crippen LogP contribution in [0.2, 0.25) is 0 Å². The Labute approximate surface area is 197 Å². The molecule has 1 aliphatic rings. The van der Waals surface area contributed by atoms with Gasteiger partial charge in [-0.05, 0) is 60.7 Å². The van der Waals surface area contributed by atoms with Crippen LogP contribution in [0.15, 0.2) is 72.8 Å². The van der Waals surface area contributed by atoms with Crippen molar-refractivity contribution >= 4 is 17.3 Å². The van der Waals surface area contributed by atoms with Gasteiger partial charge in [0.05, 0.1) is 11.3 Å². The van der Waals surface area contributed by atoms with Crippen molar-refractivity contribution in [2.45, 2.75) is 52.1 Å². The topological polar surface area (TPSA) is 50.4 Å². The lowest BCUT2D eigenvalue weighted by molar-refractivity contribution is 0.0951. The molecule has 0 aromatic heterocycles. The average Bonchev–Trinajstić information content (AvgIpc) is 2.86. The molecule has 0 aliphatic heterocycles. The lowest BCUT2D eigenvalue weighted by Crippen LogP contribution is -2.27. The molecule has 33 heavy (non-hydrogen) atoms. The highest BCUT2D eigenvalue weighted by Gasteiger charge is 2.15. The molecule has 4 rings (SSSR count). The van der Waals surface area contributed by atoms with E-state index in [-0.39, 0.29) is 5.91 Å². The predicted molar refractivity (Wildman–Crippen MR) is 135 cm³/mol. The van der Waals surface area contributed by atoms with Crippen molar-refractivity contribution in [2.75, 3.05) is 11.9 Å². The minimum Gasteiger partial charge on any atom is -0.489 e. The molecule has 0 unspecified atom stereocenters. The second-order valence-electron chi connectivity index (χ2n) is 8.97. The third-order valence-electron chi connectivity index (χ3n) is 6.45. The molecule has 1 saturated carbocycles. The molecule has 172 valence electrons. The second kappa shape index (κ2) is 11.6. The number of carbonyl (C=O) groups excluding carboxylic acids is 1. The van der Waals surface area contributed by atoms with E-state index in [4.69, 9.17) is 4.74 Å². The highest BCUT2D eigenvalue weighted by molar-refractivity contribution is 6.00. The van der Waals surface area contributed by atoms with Gasteiger partial charge in [0.15, 0.2) is 0 Å². The van der Waals surface area contributed by atoms with Gasteiger partial charge in [-0.25, -0.2) is 0 Å². The highest BCUT2D eigenvalue weighted by atomic mass is 16.5. The number of carbonyl (C=O) groups is 1. The Balaban J connectivity index is 1.36. The van der Waals surface area contributed by atoms with E-state index in [0.29, 0.717) is 12.2 Å². The van der Waals surface area contributed by atoms with E-state index in [2.05, 4.69) is 22.8 Å². The fourth-order valence-corrected chi connectivity index (χ4v) is 4.50. The first kappa shape index (κ1) is 22.9. The van der Waals surface area contributed by atoms with Crippen LogP contribution in [-0.2, 0) is 6.61 Å². The molecule has 0 heterocycles. The third kappa shape index (κ3) is 6.61. The van der Waals surface area contributed by atoms with E-state index >= 15 is 0 Å². The van der Waals surface area contributed by atoms with E-state index in [1.807, 2.05) is 67.6 Å². The molecule has 1 aliphatic carbocycles. The molecular formula is C29H34N2O2. The molecule has 3 aromatic carbocycles. The summed E-state index contributed by atoms with van der Waals surface area (Å²) in [5.41, 5.74) is 4.65. The van der Waals surface area contributed by atoms with Gasteiger partial charge in [-0.1, -0.05) is 74.6 Å². The van der Waals surface area contributed by atoms with Gasteiger partial charge in [-0.15, -0.1) is 0 Å². The molecule has 0 saturated heterocycles. The second-order valence-corrected chi connectivity index (χ2v) is 8.97. The molecule has 0 bridgehead atoms. The molecular weight excluding hydrogens is 408 g/mol. The maximum absolute atomic E-state index is 12.9. The van der Waals surface area contributed by atoms with Gasteiger partial charge in [0.25, 0.3) is 5.91 Å². The van der Waals surface area contributed by atoms with Crippen LogP contribution in [0, 0.1) is 12.8 Å². The van der Waals surface area contributed by atoms with Crippen LogP contribution in [0.5, 0.6) is 5.75 Å². The van der Waals surface area contributed by atoms with Crippen LogP contribution >= 0.6 is 0 Å². The van der Waals surface area contributed by atoms with Crippen molar-refractivity contribution in [3.05, 3.63) is 89.5 Å². The Morgan fingerprint density at radius 3 is 2.45 bits per heavy atom. The summed E-state index contributed by atoms with van der Waals surface area (Å²) in [7, 11) is 0. The summed E-state index contributed by atoms with van der Waals surface area (Å²) in [5.74, 6) is 1.57. The standard InChI is InChI=1S/C29H34N2O2/c1-22-20-25(33-21-24-12-6-3-7-13-24)16-17-27(22)31-28-15-9-8-14-26(28)29(32)30-19-18-23-10-4-2-5-11-23/h3,6-9,12-17,20,23,31H,2,4-5,10-11,18-19,21H2,1H3,(H,30,32). The average molecular weight is 443 g/mol. The zero-order valence-corrected chi connectivity index (χ0v) is 19.5. The Bertz CT molecular complexity index is 1040. The maximum atomic E-state index is 12.9. The Hall–Kier alpha value is -3.27. The molecule has 0 atom stereocenters. The van der Waals surface area contributed by atoms with Crippen molar-refractivity contribution in [1.82, 2.24) is 5.32 Å². The number of para-hydroxylation sites is 1. The largest absolute Gasteiger partial charge is 0.489 e. The number of ether oxygens (including phenoxy) is 1. The minimum absolute atomic E-state index is 0.0191.